The van der Waals surface area contributed by atoms with Gasteiger partial charge in [0.05, 0.1) is 0 Å². The molecule has 7 heteroatoms. The minimum Gasteiger partial charge on any atom is -0.480 e. The molecular weight excluding hydrogens is 214 g/mol. The molecule has 0 saturated carbocycles. The number of carbonyl (C=O) groups is 3. The van der Waals surface area contributed by atoms with Crippen LogP contribution in [-0.4, -0.2) is 46.5 Å². The molecule has 4 N–H and O–H groups in total. The molecule has 1 rings (SSSR count). The summed E-state index contributed by atoms with van der Waals surface area (Å²) < 4.78 is 0. The number of nitrogens with one attached hydrogen (secondary N) is 1. The summed E-state index contributed by atoms with van der Waals surface area (Å²) in [6.07, 6.45) is 1.23. The number of aliphatic carboxylic acids is 1. The van der Waals surface area contributed by atoms with Crippen LogP contribution in [0.1, 0.15) is 19.8 Å². The number of hydrogen-bond donors (Lipinski definition) is 3. The van der Waals surface area contributed by atoms with Crippen LogP contribution in [0.5, 0.6) is 0 Å². The molecule has 1 saturated heterocycles. The Morgan fingerprint density at radius 2 is 2.12 bits per heavy atom. The van der Waals surface area contributed by atoms with Crippen molar-refractivity contribution in [3.05, 3.63) is 0 Å². The first-order valence-corrected chi connectivity index (χ1v) is 5.02. The van der Waals surface area contributed by atoms with Crippen molar-refractivity contribution in [2.24, 2.45) is 5.73 Å². The van der Waals surface area contributed by atoms with Crippen molar-refractivity contribution < 1.29 is 19.5 Å². The van der Waals surface area contributed by atoms with Crippen LogP contribution in [0.2, 0.25) is 0 Å². The van der Waals surface area contributed by atoms with E-state index in [1.165, 1.54) is 11.8 Å². The van der Waals surface area contributed by atoms with Gasteiger partial charge in [-0.1, -0.05) is 0 Å². The molecule has 2 atom stereocenters. The second-order valence-electron chi connectivity index (χ2n) is 3.76. The molecular formula is C9H15N3O4. The van der Waals surface area contributed by atoms with Crippen molar-refractivity contribution in [2.75, 3.05) is 6.54 Å². The Bertz CT molecular complexity index is 318. The lowest BCUT2D eigenvalue weighted by Crippen LogP contribution is -2.51. The van der Waals surface area contributed by atoms with E-state index in [0.717, 1.165) is 0 Å². The first-order chi connectivity index (χ1) is 7.43. The van der Waals surface area contributed by atoms with Gasteiger partial charge in [0.1, 0.15) is 12.1 Å². The van der Waals surface area contributed by atoms with Crippen molar-refractivity contribution in [3.63, 3.8) is 0 Å². The molecule has 16 heavy (non-hydrogen) atoms. The lowest BCUT2D eigenvalue weighted by molar-refractivity contribution is -0.138. The van der Waals surface area contributed by atoms with E-state index in [-0.39, 0.29) is 0 Å². The van der Waals surface area contributed by atoms with Crippen molar-refractivity contribution in [3.8, 4) is 0 Å². The molecule has 0 bridgehead atoms. The van der Waals surface area contributed by atoms with Gasteiger partial charge in [0.2, 0.25) is 5.91 Å². The average molecular weight is 229 g/mol. The Labute approximate surface area is 92.6 Å². The van der Waals surface area contributed by atoms with Gasteiger partial charge in [0.15, 0.2) is 0 Å². The zero-order valence-corrected chi connectivity index (χ0v) is 8.97. The summed E-state index contributed by atoms with van der Waals surface area (Å²) in [5.74, 6) is -1.68. The molecule has 90 valence electrons. The quantitative estimate of drug-likeness (QED) is 0.583. The minimum atomic E-state index is -1.12. The van der Waals surface area contributed by atoms with Crippen molar-refractivity contribution in [2.45, 2.75) is 31.8 Å². The van der Waals surface area contributed by atoms with Gasteiger partial charge < -0.3 is 21.1 Å². The van der Waals surface area contributed by atoms with Gasteiger partial charge in [0.25, 0.3) is 0 Å². The highest BCUT2D eigenvalue weighted by atomic mass is 16.4. The number of amides is 3. The summed E-state index contributed by atoms with van der Waals surface area (Å²) in [6.45, 7) is 1.78. The van der Waals surface area contributed by atoms with Gasteiger partial charge in [-0.3, -0.25) is 9.59 Å². The fourth-order valence-corrected chi connectivity index (χ4v) is 1.64. The van der Waals surface area contributed by atoms with E-state index >= 15 is 0 Å². The molecule has 7 nitrogen and oxygen atoms in total. The van der Waals surface area contributed by atoms with E-state index in [1.807, 2.05) is 0 Å². The fourth-order valence-electron chi connectivity index (χ4n) is 1.64. The second-order valence-corrected chi connectivity index (χ2v) is 3.76. The third-order valence-corrected chi connectivity index (χ3v) is 2.55. The Hall–Kier alpha value is -1.79. The minimum absolute atomic E-state index is 0.422. The summed E-state index contributed by atoms with van der Waals surface area (Å²) in [7, 11) is 0. The molecule has 0 aliphatic carbocycles. The Morgan fingerprint density at radius 1 is 1.50 bits per heavy atom. The zero-order chi connectivity index (χ0) is 12.3. The van der Waals surface area contributed by atoms with Crippen molar-refractivity contribution in [1.29, 1.82) is 0 Å². The third kappa shape index (κ3) is 2.62. The summed E-state index contributed by atoms with van der Waals surface area (Å²) in [4.78, 5) is 34.5. The van der Waals surface area contributed by atoms with Crippen LogP contribution >= 0.6 is 0 Å². The maximum Gasteiger partial charge on any atom is 0.325 e. The second kappa shape index (κ2) is 4.82. The smallest absolute Gasteiger partial charge is 0.325 e. The van der Waals surface area contributed by atoms with Gasteiger partial charge in [-0.2, -0.15) is 0 Å². The number of rotatable bonds is 3. The van der Waals surface area contributed by atoms with Crippen LogP contribution in [0.15, 0.2) is 0 Å². The lowest BCUT2D eigenvalue weighted by atomic mass is 10.2. The van der Waals surface area contributed by atoms with E-state index in [9.17, 15) is 14.4 Å². The monoisotopic (exact) mass is 229 g/mol. The van der Waals surface area contributed by atoms with E-state index in [1.54, 1.807) is 0 Å². The number of carboxylic acid groups (broad SMARTS) is 1. The molecule has 0 aromatic carbocycles. The Morgan fingerprint density at radius 3 is 2.62 bits per heavy atom. The molecule has 1 aliphatic rings. The Kier molecular flexibility index (Phi) is 3.70. The molecule has 1 aliphatic heterocycles. The summed E-state index contributed by atoms with van der Waals surface area (Å²) in [6, 6.07) is -2.17. The predicted octanol–water partition coefficient (Wildman–Crippen LogP) is -0.881. The summed E-state index contributed by atoms with van der Waals surface area (Å²) in [5, 5.41) is 10.9. The fraction of sp³-hybridized carbons (Fsp3) is 0.667. The van der Waals surface area contributed by atoms with Crippen LogP contribution in [0, 0.1) is 0 Å². The standard InChI is InChI=1S/C9H15N3O4/c1-5(8(14)15)11-9(16)12-4-2-3-6(12)7(10)13/h5-6H,2-4H2,1H3,(H2,10,13)(H,11,16)(H,14,15)/t5-,6?/m0/s1. The van der Waals surface area contributed by atoms with Gasteiger partial charge in [-0.05, 0) is 19.8 Å². The normalized spacial score (nSPS) is 21.6. The van der Waals surface area contributed by atoms with Gasteiger partial charge >= 0.3 is 12.0 Å². The van der Waals surface area contributed by atoms with Crippen molar-refractivity contribution >= 4 is 17.9 Å². The van der Waals surface area contributed by atoms with Crippen LogP contribution in [0.25, 0.3) is 0 Å². The average Bonchev–Trinajstić information content (AvgIpc) is 2.65. The first-order valence-electron chi connectivity index (χ1n) is 5.02. The van der Waals surface area contributed by atoms with Crippen LogP contribution < -0.4 is 11.1 Å². The molecule has 1 unspecified atom stereocenters. The number of likely N-dealkylation sites (tertiary alicyclic amines) is 1. The van der Waals surface area contributed by atoms with E-state index in [2.05, 4.69) is 5.32 Å². The molecule has 1 heterocycles. The molecule has 0 aromatic rings. The molecule has 3 amide bonds. The maximum atomic E-state index is 11.6. The highest BCUT2D eigenvalue weighted by Gasteiger charge is 2.33. The molecule has 0 radical (unpaired) electrons. The number of hydrogen-bond acceptors (Lipinski definition) is 3. The number of urea groups is 1. The largest absolute Gasteiger partial charge is 0.480 e. The molecule has 1 fully saturated rings. The number of primary amides is 1. The number of nitrogens with two attached hydrogens (primary N) is 1. The third-order valence-electron chi connectivity index (χ3n) is 2.55. The van der Waals surface area contributed by atoms with Crippen LogP contribution in [-0.2, 0) is 9.59 Å². The SMILES string of the molecule is C[C@H](NC(=O)N1CCCC1C(N)=O)C(=O)O. The summed E-state index contributed by atoms with van der Waals surface area (Å²) in [5.41, 5.74) is 5.14. The molecule has 0 aromatic heterocycles. The lowest BCUT2D eigenvalue weighted by Gasteiger charge is -2.23. The Balaban J connectivity index is 2.60. The highest BCUT2D eigenvalue weighted by molar-refractivity contribution is 5.88. The number of nitrogens with zero attached hydrogens (tertiary/aromatic N) is 1. The van der Waals surface area contributed by atoms with Gasteiger partial charge in [0, 0.05) is 6.54 Å². The van der Waals surface area contributed by atoms with Crippen LogP contribution in [0.3, 0.4) is 0 Å². The first kappa shape index (κ1) is 12.3. The van der Waals surface area contributed by atoms with Gasteiger partial charge in [-0.25, -0.2) is 4.79 Å². The van der Waals surface area contributed by atoms with Gasteiger partial charge in [-0.15, -0.1) is 0 Å². The predicted molar refractivity (Wildman–Crippen MR) is 54.6 cm³/mol. The van der Waals surface area contributed by atoms with Crippen molar-refractivity contribution in [1.82, 2.24) is 10.2 Å². The maximum absolute atomic E-state index is 11.6. The summed E-state index contributed by atoms with van der Waals surface area (Å²) >= 11 is 0. The topological polar surface area (TPSA) is 113 Å². The number of carbonyl (C=O) groups excluding carboxylic acids is 2. The van der Waals surface area contributed by atoms with E-state index in [4.69, 9.17) is 10.8 Å². The van der Waals surface area contributed by atoms with Crippen LogP contribution in [0.4, 0.5) is 4.79 Å². The van der Waals surface area contributed by atoms with E-state index < -0.39 is 30.0 Å². The zero-order valence-electron chi connectivity index (χ0n) is 8.97. The number of carboxylic acids is 1. The van der Waals surface area contributed by atoms with E-state index in [0.29, 0.717) is 19.4 Å². The molecule has 0 spiro atoms. The highest BCUT2D eigenvalue weighted by Crippen LogP contribution is 2.16.